The first-order valence-corrected chi connectivity index (χ1v) is 9.31. The zero-order valence-electron chi connectivity index (χ0n) is 15.9. The summed E-state index contributed by atoms with van der Waals surface area (Å²) >= 11 is 0. The van der Waals surface area contributed by atoms with Gasteiger partial charge in [0.25, 0.3) is 0 Å². The van der Waals surface area contributed by atoms with Crippen molar-refractivity contribution in [3.05, 3.63) is 96.1 Å². The molecule has 0 spiro atoms. The lowest BCUT2D eigenvalue weighted by molar-refractivity contribution is 0.733. The molecule has 3 aromatic rings. The van der Waals surface area contributed by atoms with Crippen LogP contribution in [0, 0.1) is 6.92 Å². The molecular formula is C25H27N. The van der Waals surface area contributed by atoms with E-state index in [1.54, 1.807) is 0 Å². The van der Waals surface area contributed by atoms with Crippen LogP contribution in [0.25, 0.3) is 6.08 Å². The predicted molar refractivity (Wildman–Crippen MR) is 115 cm³/mol. The molecule has 132 valence electrons. The van der Waals surface area contributed by atoms with Crippen LogP contribution in [0.1, 0.15) is 42.9 Å². The molecule has 0 fully saturated rings. The van der Waals surface area contributed by atoms with Crippen molar-refractivity contribution >= 4 is 23.1 Å². The van der Waals surface area contributed by atoms with Gasteiger partial charge < -0.3 is 4.90 Å². The summed E-state index contributed by atoms with van der Waals surface area (Å²) in [6.07, 6.45) is 3.05. The van der Waals surface area contributed by atoms with Crippen molar-refractivity contribution in [2.75, 3.05) is 4.90 Å². The third kappa shape index (κ3) is 3.88. The third-order valence-electron chi connectivity index (χ3n) is 4.99. The Labute approximate surface area is 157 Å². The Bertz CT molecular complexity index is 859. The minimum atomic E-state index is 0.584. The first-order valence-electron chi connectivity index (χ1n) is 9.31. The van der Waals surface area contributed by atoms with Crippen LogP contribution in [-0.2, 0) is 0 Å². The van der Waals surface area contributed by atoms with Crippen molar-refractivity contribution in [2.24, 2.45) is 0 Å². The van der Waals surface area contributed by atoms with E-state index < -0.39 is 0 Å². The van der Waals surface area contributed by atoms with E-state index in [4.69, 9.17) is 0 Å². The number of hydrogen-bond donors (Lipinski definition) is 0. The minimum absolute atomic E-state index is 0.584. The Morgan fingerprint density at radius 1 is 0.885 bits per heavy atom. The highest BCUT2D eigenvalue weighted by atomic mass is 15.1. The molecule has 0 heterocycles. The fourth-order valence-corrected chi connectivity index (χ4v) is 3.12. The van der Waals surface area contributed by atoms with Gasteiger partial charge in [0, 0.05) is 17.1 Å². The molecule has 0 aromatic heterocycles. The lowest BCUT2D eigenvalue weighted by atomic mass is 9.98. The molecule has 3 aromatic carbocycles. The van der Waals surface area contributed by atoms with E-state index in [-0.39, 0.29) is 0 Å². The second kappa shape index (κ2) is 8.05. The monoisotopic (exact) mass is 341 g/mol. The average molecular weight is 341 g/mol. The van der Waals surface area contributed by atoms with Gasteiger partial charge in [-0.15, -0.1) is 0 Å². The van der Waals surface area contributed by atoms with E-state index in [9.17, 15) is 0 Å². The summed E-state index contributed by atoms with van der Waals surface area (Å²) < 4.78 is 0. The quantitative estimate of drug-likeness (QED) is 0.445. The summed E-state index contributed by atoms with van der Waals surface area (Å²) in [5.41, 5.74) is 7.24. The Balaban J connectivity index is 2.08. The van der Waals surface area contributed by atoms with Crippen molar-refractivity contribution in [1.82, 2.24) is 0 Å². The molecular weight excluding hydrogens is 314 g/mol. The van der Waals surface area contributed by atoms with E-state index in [1.165, 1.54) is 16.8 Å². The average Bonchev–Trinajstić information content (AvgIpc) is 2.70. The number of aryl methyl sites for hydroxylation is 1. The highest BCUT2D eigenvalue weighted by molar-refractivity contribution is 5.77. The Kier molecular flexibility index (Phi) is 5.58. The highest BCUT2D eigenvalue weighted by Crippen LogP contribution is 2.35. The lowest BCUT2D eigenvalue weighted by Gasteiger charge is -2.26. The highest BCUT2D eigenvalue weighted by Gasteiger charge is 2.13. The summed E-state index contributed by atoms with van der Waals surface area (Å²) in [6, 6.07) is 26.1. The van der Waals surface area contributed by atoms with Crippen molar-refractivity contribution < 1.29 is 0 Å². The summed E-state index contributed by atoms with van der Waals surface area (Å²) in [5, 5.41) is 0. The van der Waals surface area contributed by atoms with Gasteiger partial charge in [-0.1, -0.05) is 68.5 Å². The van der Waals surface area contributed by atoms with Gasteiger partial charge in [0.15, 0.2) is 0 Å². The van der Waals surface area contributed by atoms with Crippen LogP contribution in [0.15, 0.2) is 79.4 Å². The van der Waals surface area contributed by atoms with Gasteiger partial charge in [-0.2, -0.15) is 0 Å². The van der Waals surface area contributed by atoms with Crippen LogP contribution in [-0.4, -0.2) is 0 Å². The molecule has 0 radical (unpaired) electrons. The summed E-state index contributed by atoms with van der Waals surface area (Å²) in [7, 11) is 0. The topological polar surface area (TPSA) is 3.24 Å². The number of hydrogen-bond acceptors (Lipinski definition) is 1. The fraction of sp³-hybridized carbons (Fsp3) is 0.200. The maximum absolute atomic E-state index is 3.91. The maximum Gasteiger partial charge on any atom is 0.0467 e. The van der Waals surface area contributed by atoms with Crippen molar-refractivity contribution in [2.45, 2.75) is 33.1 Å². The number of rotatable bonds is 6. The number of benzene rings is 3. The van der Waals surface area contributed by atoms with Gasteiger partial charge in [0.05, 0.1) is 0 Å². The van der Waals surface area contributed by atoms with Gasteiger partial charge in [0.1, 0.15) is 0 Å². The molecule has 1 nitrogen and oxygen atoms in total. The molecule has 1 heteroatoms. The van der Waals surface area contributed by atoms with Gasteiger partial charge in [-0.05, 0) is 66.8 Å². The second-order valence-corrected chi connectivity index (χ2v) is 6.87. The number of anilines is 3. The molecule has 1 unspecified atom stereocenters. The zero-order chi connectivity index (χ0) is 18.5. The molecule has 0 aliphatic rings. The van der Waals surface area contributed by atoms with Crippen LogP contribution in [0.2, 0.25) is 0 Å². The molecule has 0 saturated heterocycles. The van der Waals surface area contributed by atoms with Crippen LogP contribution in [0.3, 0.4) is 0 Å². The molecule has 3 rings (SSSR count). The third-order valence-corrected chi connectivity index (χ3v) is 4.99. The van der Waals surface area contributed by atoms with E-state index in [0.717, 1.165) is 23.4 Å². The molecule has 0 aliphatic heterocycles. The molecule has 0 aliphatic carbocycles. The standard InChI is InChI=1S/C25H27N/c1-5-20(4)22-12-16-24(17-13-22)26(23-14-10-19(3)11-15-23)25-9-7-8-21(6-2)18-25/h6-18,20H,2,5H2,1,3-4H3. The van der Waals surface area contributed by atoms with Gasteiger partial charge in [0.2, 0.25) is 0 Å². The molecule has 1 atom stereocenters. The smallest absolute Gasteiger partial charge is 0.0467 e. The zero-order valence-corrected chi connectivity index (χ0v) is 15.9. The number of nitrogens with zero attached hydrogens (tertiary/aromatic N) is 1. The predicted octanol–water partition coefficient (Wildman–Crippen LogP) is 7.62. The van der Waals surface area contributed by atoms with Crippen molar-refractivity contribution in [1.29, 1.82) is 0 Å². The van der Waals surface area contributed by atoms with Crippen LogP contribution < -0.4 is 4.90 Å². The normalized spacial score (nSPS) is 11.8. The van der Waals surface area contributed by atoms with E-state index in [1.807, 2.05) is 6.08 Å². The van der Waals surface area contributed by atoms with Gasteiger partial charge in [-0.25, -0.2) is 0 Å². The summed E-state index contributed by atoms with van der Waals surface area (Å²) in [6.45, 7) is 10.5. The van der Waals surface area contributed by atoms with Crippen LogP contribution in [0.4, 0.5) is 17.1 Å². The molecule has 0 saturated carbocycles. The Hall–Kier alpha value is -2.80. The van der Waals surface area contributed by atoms with Crippen LogP contribution >= 0.6 is 0 Å². The van der Waals surface area contributed by atoms with E-state index in [0.29, 0.717) is 5.92 Å². The summed E-state index contributed by atoms with van der Waals surface area (Å²) in [5.74, 6) is 0.584. The van der Waals surface area contributed by atoms with E-state index in [2.05, 4.69) is 105 Å². The fourth-order valence-electron chi connectivity index (χ4n) is 3.12. The van der Waals surface area contributed by atoms with Gasteiger partial charge in [-0.3, -0.25) is 0 Å². The second-order valence-electron chi connectivity index (χ2n) is 6.87. The maximum atomic E-state index is 3.91. The largest absolute Gasteiger partial charge is 0.310 e. The Morgan fingerprint density at radius 2 is 1.50 bits per heavy atom. The van der Waals surface area contributed by atoms with Crippen molar-refractivity contribution in [3.8, 4) is 0 Å². The first-order chi connectivity index (χ1) is 12.6. The van der Waals surface area contributed by atoms with Gasteiger partial charge >= 0.3 is 0 Å². The Morgan fingerprint density at radius 3 is 2.08 bits per heavy atom. The van der Waals surface area contributed by atoms with E-state index >= 15 is 0 Å². The SMILES string of the molecule is C=Cc1cccc(N(c2ccc(C)cc2)c2ccc(C(C)CC)cc2)c1. The molecule has 0 amide bonds. The minimum Gasteiger partial charge on any atom is -0.310 e. The van der Waals surface area contributed by atoms with Crippen molar-refractivity contribution in [3.63, 3.8) is 0 Å². The molecule has 0 bridgehead atoms. The summed E-state index contributed by atoms with van der Waals surface area (Å²) in [4.78, 5) is 2.30. The molecule has 26 heavy (non-hydrogen) atoms. The molecule has 0 N–H and O–H groups in total. The first kappa shape index (κ1) is 18.0. The van der Waals surface area contributed by atoms with Crippen LogP contribution in [0.5, 0.6) is 0 Å². The lowest BCUT2D eigenvalue weighted by Crippen LogP contribution is -2.10.